The highest BCUT2D eigenvalue weighted by Gasteiger charge is 2.53. The van der Waals surface area contributed by atoms with Gasteiger partial charge in [0, 0.05) is 26.1 Å². The Kier molecular flexibility index (Phi) is 2.86. The molecule has 3 rings (SSSR count). The smallest absolute Gasteiger partial charge is 0.230 e. The second-order valence-electron chi connectivity index (χ2n) is 5.59. The lowest BCUT2D eigenvalue weighted by molar-refractivity contribution is -0.136. The molecule has 0 aromatic heterocycles. The minimum absolute atomic E-state index is 0.200. The van der Waals surface area contributed by atoms with Crippen LogP contribution in [0.15, 0.2) is 30.3 Å². The van der Waals surface area contributed by atoms with Gasteiger partial charge >= 0.3 is 0 Å². The lowest BCUT2D eigenvalue weighted by Crippen LogP contribution is -2.47. The third-order valence-corrected chi connectivity index (χ3v) is 4.51. The number of rotatable bonds is 1. The quantitative estimate of drug-likeness (QED) is 0.814. The summed E-state index contributed by atoms with van der Waals surface area (Å²) in [5, 5.41) is 3.42. The fourth-order valence-electron chi connectivity index (χ4n) is 3.58. The first-order valence-electron chi connectivity index (χ1n) is 6.75. The largest absolute Gasteiger partial charge is 0.345 e. The summed E-state index contributed by atoms with van der Waals surface area (Å²) in [6.45, 7) is 2.72. The molecule has 2 saturated heterocycles. The number of benzene rings is 1. The number of piperidine rings is 1. The molecule has 2 atom stereocenters. The maximum atomic E-state index is 12.6. The van der Waals surface area contributed by atoms with E-state index in [1.807, 2.05) is 18.0 Å². The Morgan fingerprint density at radius 3 is 2.78 bits per heavy atom. The van der Waals surface area contributed by atoms with Gasteiger partial charge in [-0.2, -0.15) is 0 Å². The standard InChI is InChI=1S/C15H20N2O/c1-17-10-13(12-6-3-2-4-7-12)15(14(17)18)8-5-9-16-11-15/h2-4,6-7,13,16H,5,8-11H2,1H3/t13-,15+/m1/s1. The zero-order valence-electron chi connectivity index (χ0n) is 10.9. The van der Waals surface area contributed by atoms with E-state index in [4.69, 9.17) is 0 Å². The number of carbonyl (C=O) groups excluding carboxylic acids is 1. The zero-order chi connectivity index (χ0) is 12.6. The fourth-order valence-corrected chi connectivity index (χ4v) is 3.58. The Hall–Kier alpha value is -1.35. The number of hydrogen-bond acceptors (Lipinski definition) is 2. The van der Waals surface area contributed by atoms with Crippen LogP contribution >= 0.6 is 0 Å². The third kappa shape index (κ3) is 1.65. The Balaban J connectivity index is 1.99. The lowest BCUT2D eigenvalue weighted by Gasteiger charge is -2.36. The number of amides is 1. The number of carbonyl (C=O) groups is 1. The van der Waals surface area contributed by atoms with Crippen LogP contribution in [-0.2, 0) is 4.79 Å². The molecule has 1 aromatic carbocycles. The van der Waals surface area contributed by atoms with Crippen molar-refractivity contribution in [3.05, 3.63) is 35.9 Å². The lowest BCUT2D eigenvalue weighted by atomic mass is 9.69. The molecule has 1 amide bonds. The van der Waals surface area contributed by atoms with E-state index in [0.717, 1.165) is 32.5 Å². The van der Waals surface area contributed by atoms with Gasteiger partial charge in [-0.15, -0.1) is 0 Å². The molecular formula is C15H20N2O. The predicted molar refractivity (Wildman–Crippen MR) is 71.4 cm³/mol. The van der Waals surface area contributed by atoms with Crippen LogP contribution in [-0.4, -0.2) is 37.5 Å². The van der Waals surface area contributed by atoms with Crippen molar-refractivity contribution in [1.82, 2.24) is 10.2 Å². The van der Waals surface area contributed by atoms with Gasteiger partial charge in [-0.3, -0.25) is 4.79 Å². The average Bonchev–Trinajstić information content (AvgIpc) is 2.66. The van der Waals surface area contributed by atoms with E-state index in [1.54, 1.807) is 0 Å². The molecule has 0 bridgehead atoms. The fraction of sp³-hybridized carbons (Fsp3) is 0.533. The summed E-state index contributed by atoms with van der Waals surface area (Å²) in [4.78, 5) is 14.5. The molecular weight excluding hydrogens is 224 g/mol. The molecule has 1 aromatic rings. The number of likely N-dealkylation sites (tertiary alicyclic amines) is 1. The highest BCUT2D eigenvalue weighted by atomic mass is 16.2. The molecule has 18 heavy (non-hydrogen) atoms. The van der Waals surface area contributed by atoms with Crippen LogP contribution in [0, 0.1) is 5.41 Å². The monoisotopic (exact) mass is 244 g/mol. The van der Waals surface area contributed by atoms with Gasteiger partial charge in [0.05, 0.1) is 5.41 Å². The molecule has 2 aliphatic heterocycles. The minimum Gasteiger partial charge on any atom is -0.345 e. The predicted octanol–water partition coefficient (Wildman–Crippen LogP) is 1.61. The van der Waals surface area contributed by atoms with Gasteiger partial charge in [-0.05, 0) is 24.9 Å². The van der Waals surface area contributed by atoms with Crippen LogP contribution in [0.5, 0.6) is 0 Å². The molecule has 2 heterocycles. The van der Waals surface area contributed by atoms with E-state index < -0.39 is 0 Å². The molecule has 96 valence electrons. The summed E-state index contributed by atoms with van der Waals surface area (Å²) < 4.78 is 0. The SMILES string of the molecule is CN1C[C@H](c2ccccc2)[C@@]2(CCCNC2)C1=O. The second-order valence-corrected chi connectivity index (χ2v) is 5.59. The summed E-state index contributed by atoms with van der Waals surface area (Å²) in [6.07, 6.45) is 2.12. The number of likely N-dealkylation sites (N-methyl/N-ethyl adjacent to an activating group) is 1. The number of hydrogen-bond donors (Lipinski definition) is 1. The summed E-state index contributed by atoms with van der Waals surface area (Å²) in [5.41, 5.74) is 1.10. The van der Waals surface area contributed by atoms with Crippen LogP contribution in [0.25, 0.3) is 0 Å². The average molecular weight is 244 g/mol. The van der Waals surface area contributed by atoms with E-state index in [9.17, 15) is 4.79 Å². The van der Waals surface area contributed by atoms with E-state index in [2.05, 4.69) is 29.6 Å². The Labute approximate surface area is 108 Å². The topological polar surface area (TPSA) is 32.3 Å². The van der Waals surface area contributed by atoms with Crippen molar-refractivity contribution in [2.24, 2.45) is 5.41 Å². The van der Waals surface area contributed by atoms with Gasteiger partial charge in [0.2, 0.25) is 5.91 Å². The molecule has 3 heteroatoms. The number of nitrogens with zero attached hydrogens (tertiary/aromatic N) is 1. The van der Waals surface area contributed by atoms with Crippen LogP contribution in [0.4, 0.5) is 0 Å². The molecule has 2 aliphatic rings. The Morgan fingerprint density at radius 1 is 1.33 bits per heavy atom. The van der Waals surface area contributed by atoms with Gasteiger partial charge in [0.25, 0.3) is 0 Å². The molecule has 2 fully saturated rings. The molecule has 1 spiro atoms. The zero-order valence-corrected chi connectivity index (χ0v) is 10.9. The van der Waals surface area contributed by atoms with E-state index in [-0.39, 0.29) is 5.41 Å². The third-order valence-electron chi connectivity index (χ3n) is 4.51. The first-order chi connectivity index (χ1) is 8.74. The van der Waals surface area contributed by atoms with Crippen LogP contribution in [0.3, 0.4) is 0 Å². The molecule has 0 radical (unpaired) electrons. The van der Waals surface area contributed by atoms with Gasteiger partial charge in [0.15, 0.2) is 0 Å². The van der Waals surface area contributed by atoms with Crippen molar-refractivity contribution < 1.29 is 4.79 Å². The van der Waals surface area contributed by atoms with Crippen molar-refractivity contribution in [3.63, 3.8) is 0 Å². The molecule has 0 saturated carbocycles. The minimum atomic E-state index is -0.200. The molecule has 3 nitrogen and oxygen atoms in total. The highest BCUT2D eigenvalue weighted by molar-refractivity contribution is 5.86. The first-order valence-corrected chi connectivity index (χ1v) is 6.75. The van der Waals surface area contributed by atoms with Gasteiger partial charge in [0.1, 0.15) is 0 Å². The van der Waals surface area contributed by atoms with Crippen LogP contribution in [0.2, 0.25) is 0 Å². The molecule has 0 unspecified atom stereocenters. The summed E-state index contributed by atoms with van der Waals surface area (Å²) in [7, 11) is 1.93. The highest BCUT2D eigenvalue weighted by Crippen LogP contribution is 2.47. The van der Waals surface area contributed by atoms with E-state index in [0.29, 0.717) is 11.8 Å². The van der Waals surface area contributed by atoms with Crippen molar-refractivity contribution in [3.8, 4) is 0 Å². The Bertz CT molecular complexity index is 437. The van der Waals surface area contributed by atoms with E-state index in [1.165, 1.54) is 5.56 Å². The van der Waals surface area contributed by atoms with Crippen molar-refractivity contribution in [2.45, 2.75) is 18.8 Å². The van der Waals surface area contributed by atoms with Crippen LogP contribution in [0.1, 0.15) is 24.3 Å². The van der Waals surface area contributed by atoms with Gasteiger partial charge in [-0.25, -0.2) is 0 Å². The second kappa shape index (κ2) is 4.39. The maximum Gasteiger partial charge on any atom is 0.230 e. The Morgan fingerprint density at radius 2 is 2.11 bits per heavy atom. The summed E-state index contributed by atoms with van der Waals surface area (Å²) >= 11 is 0. The summed E-state index contributed by atoms with van der Waals surface area (Å²) in [6, 6.07) is 10.5. The first kappa shape index (κ1) is 11.7. The summed E-state index contributed by atoms with van der Waals surface area (Å²) in [5.74, 6) is 0.660. The van der Waals surface area contributed by atoms with Crippen molar-refractivity contribution >= 4 is 5.91 Å². The van der Waals surface area contributed by atoms with Gasteiger partial charge < -0.3 is 10.2 Å². The normalized spacial score (nSPS) is 32.2. The molecule has 1 N–H and O–H groups in total. The maximum absolute atomic E-state index is 12.6. The van der Waals surface area contributed by atoms with Gasteiger partial charge in [-0.1, -0.05) is 30.3 Å². The number of nitrogens with one attached hydrogen (secondary N) is 1. The van der Waals surface area contributed by atoms with Crippen molar-refractivity contribution in [1.29, 1.82) is 0 Å². The van der Waals surface area contributed by atoms with E-state index >= 15 is 0 Å². The van der Waals surface area contributed by atoms with Crippen LogP contribution < -0.4 is 5.32 Å². The molecule has 0 aliphatic carbocycles. The van der Waals surface area contributed by atoms with Crippen molar-refractivity contribution in [2.75, 3.05) is 26.7 Å².